The van der Waals surface area contributed by atoms with Gasteiger partial charge in [0.25, 0.3) is 0 Å². The van der Waals surface area contributed by atoms with Crippen molar-refractivity contribution in [3.05, 3.63) is 29.3 Å². The molecular formula is C16H27ClN4O3S. The van der Waals surface area contributed by atoms with Crippen LogP contribution in [0.4, 0.5) is 0 Å². The van der Waals surface area contributed by atoms with Gasteiger partial charge in [-0.05, 0) is 32.0 Å². The van der Waals surface area contributed by atoms with Crippen molar-refractivity contribution < 1.29 is 13.2 Å². The maximum atomic E-state index is 11.4. The molecule has 7 nitrogen and oxygen atoms in total. The average Bonchev–Trinajstić information content (AvgIpc) is 2.45. The quantitative estimate of drug-likeness (QED) is 0.520. The Hall–Kier alpha value is -1.51. The molecule has 0 saturated carbocycles. The molecule has 2 N–H and O–H groups in total. The van der Waals surface area contributed by atoms with Gasteiger partial charge in [-0.1, -0.05) is 17.7 Å². The second kappa shape index (κ2) is 9.26. The van der Waals surface area contributed by atoms with E-state index in [-0.39, 0.29) is 0 Å². The van der Waals surface area contributed by atoms with Crippen LogP contribution in [0.2, 0.25) is 5.02 Å². The SMILES string of the molecule is CN=C(NCC(C)(C)NS(C)(=O)=O)N(C)CCOc1cccc(Cl)c1. The Morgan fingerprint density at radius 2 is 2.08 bits per heavy atom. The first-order valence-electron chi connectivity index (χ1n) is 7.81. The first kappa shape index (κ1) is 21.5. The van der Waals surface area contributed by atoms with Gasteiger partial charge in [-0.25, -0.2) is 13.1 Å². The number of hydrogen-bond donors (Lipinski definition) is 2. The number of benzene rings is 1. The van der Waals surface area contributed by atoms with Crippen molar-refractivity contribution in [1.29, 1.82) is 0 Å². The number of ether oxygens (including phenoxy) is 1. The fraction of sp³-hybridized carbons (Fsp3) is 0.562. The minimum atomic E-state index is -3.28. The largest absolute Gasteiger partial charge is 0.492 e. The molecule has 0 radical (unpaired) electrons. The van der Waals surface area contributed by atoms with Gasteiger partial charge in [0.05, 0.1) is 12.8 Å². The van der Waals surface area contributed by atoms with Crippen LogP contribution < -0.4 is 14.8 Å². The van der Waals surface area contributed by atoms with Crippen molar-refractivity contribution >= 4 is 27.6 Å². The van der Waals surface area contributed by atoms with Gasteiger partial charge >= 0.3 is 0 Å². The number of nitrogens with zero attached hydrogens (tertiary/aromatic N) is 2. The van der Waals surface area contributed by atoms with Gasteiger partial charge in [0.1, 0.15) is 12.4 Å². The van der Waals surface area contributed by atoms with Crippen LogP contribution in [-0.2, 0) is 10.0 Å². The highest BCUT2D eigenvalue weighted by Crippen LogP contribution is 2.16. The normalized spacial score (nSPS) is 12.8. The fourth-order valence-corrected chi connectivity index (χ4v) is 3.44. The first-order valence-corrected chi connectivity index (χ1v) is 10.1. The molecule has 0 heterocycles. The Bertz CT molecular complexity index is 692. The minimum absolute atomic E-state index is 0.395. The van der Waals surface area contributed by atoms with Gasteiger partial charge in [-0.2, -0.15) is 0 Å². The van der Waals surface area contributed by atoms with Gasteiger partial charge in [-0.15, -0.1) is 0 Å². The zero-order chi connectivity index (χ0) is 19.1. The van der Waals surface area contributed by atoms with E-state index in [1.165, 1.54) is 0 Å². The molecule has 0 fully saturated rings. The molecule has 0 amide bonds. The Labute approximate surface area is 155 Å². The Morgan fingerprint density at radius 3 is 2.64 bits per heavy atom. The molecule has 1 aromatic carbocycles. The topological polar surface area (TPSA) is 83.0 Å². The molecule has 25 heavy (non-hydrogen) atoms. The molecule has 1 aromatic rings. The molecule has 142 valence electrons. The number of aliphatic imine (C=N–C) groups is 1. The van der Waals surface area contributed by atoms with Crippen LogP contribution in [0.15, 0.2) is 29.3 Å². The van der Waals surface area contributed by atoms with Crippen molar-refractivity contribution in [2.75, 3.05) is 40.0 Å². The Morgan fingerprint density at radius 1 is 1.40 bits per heavy atom. The third-order valence-corrected chi connectivity index (χ3v) is 4.37. The summed E-state index contributed by atoms with van der Waals surface area (Å²) in [6.07, 6.45) is 1.14. The summed E-state index contributed by atoms with van der Waals surface area (Å²) in [4.78, 5) is 6.11. The zero-order valence-corrected chi connectivity index (χ0v) is 16.9. The average molecular weight is 391 g/mol. The van der Waals surface area contributed by atoms with Gasteiger partial charge in [-0.3, -0.25) is 4.99 Å². The maximum Gasteiger partial charge on any atom is 0.209 e. The van der Waals surface area contributed by atoms with Crippen molar-refractivity contribution in [1.82, 2.24) is 14.9 Å². The second-order valence-corrected chi connectivity index (χ2v) is 8.57. The molecule has 0 aliphatic rings. The summed E-state index contributed by atoms with van der Waals surface area (Å²) < 4.78 is 31.0. The van der Waals surface area contributed by atoms with Crippen LogP contribution in [0.5, 0.6) is 5.75 Å². The molecule has 0 bridgehead atoms. The van der Waals surface area contributed by atoms with Crippen LogP contribution >= 0.6 is 11.6 Å². The highest BCUT2D eigenvalue weighted by Gasteiger charge is 2.22. The van der Waals surface area contributed by atoms with Crippen molar-refractivity contribution in [2.45, 2.75) is 19.4 Å². The molecule has 0 atom stereocenters. The second-order valence-electron chi connectivity index (χ2n) is 6.39. The molecule has 9 heteroatoms. The number of nitrogens with one attached hydrogen (secondary N) is 2. The number of guanidine groups is 1. The third-order valence-electron chi connectivity index (χ3n) is 3.22. The lowest BCUT2D eigenvalue weighted by molar-refractivity contribution is 0.280. The van der Waals surface area contributed by atoms with Crippen molar-refractivity contribution in [2.24, 2.45) is 4.99 Å². The van der Waals surface area contributed by atoms with E-state index in [2.05, 4.69) is 15.0 Å². The smallest absolute Gasteiger partial charge is 0.209 e. The first-order chi connectivity index (χ1) is 11.5. The summed E-state index contributed by atoms with van der Waals surface area (Å²) in [5.74, 6) is 1.36. The molecular weight excluding hydrogens is 364 g/mol. The van der Waals surface area contributed by atoms with Gasteiger partial charge in [0, 0.05) is 31.2 Å². The summed E-state index contributed by atoms with van der Waals surface area (Å²) in [5.41, 5.74) is -0.637. The predicted octanol–water partition coefficient (Wildman–Crippen LogP) is 1.55. The number of likely N-dealkylation sites (N-methyl/N-ethyl adjacent to an activating group) is 1. The number of rotatable bonds is 8. The van der Waals surface area contributed by atoms with E-state index in [1.54, 1.807) is 33.0 Å². The minimum Gasteiger partial charge on any atom is -0.492 e. The summed E-state index contributed by atoms with van der Waals surface area (Å²) in [6.45, 7) is 5.06. The molecule has 0 aromatic heterocycles. The monoisotopic (exact) mass is 390 g/mol. The number of sulfonamides is 1. The maximum absolute atomic E-state index is 11.4. The third kappa shape index (κ3) is 8.94. The lowest BCUT2D eigenvalue weighted by atomic mass is 10.1. The fourth-order valence-electron chi connectivity index (χ4n) is 2.19. The lowest BCUT2D eigenvalue weighted by Gasteiger charge is -2.29. The summed E-state index contributed by atoms with van der Waals surface area (Å²) >= 11 is 5.92. The Balaban J connectivity index is 2.48. The van der Waals surface area contributed by atoms with Crippen LogP contribution in [0.25, 0.3) is 0 Å². The molecule has 0 aliphatic heterocycles. The zero-order valence-electron chi connectivity index (χ0n) is 15.3. The molecule has 0 spiro atoms. The van der Waals surface area contributed by atoms with Gasteiger partial charge in [0.15, 0.2) is 5.96 Å². The molecule has 0 saturated heterocycles. The van der Waals surface area contributed by atoms with E-state index in [0.29, 0.717) is 36.4 Å². The van der Waals surface area contributed by atoms with Crippen molar-refractivity contribution in [3.63, 3.8) is 0 Å². The highest BCUT2D eigenvalue weighted by atomic mass is 35.5. The van der Waals surface area contributed by atoms with Crippen LogP contribution in [0, 0.1) is 0 Å². The van der Waals surface area contributed by atoms with E-state index in [0.717, 1.165) is 6.26 Å². The van der Waals surface area contributed by atoms with E-state index in [4.69, 9.17) is 16.3 Å². The molecule has 0 unspecified atom stereocenters. The van der Waals surface area contributed by atoms with Crippen molar-refractivity contribution in [3.8, 4) is 5.75 Å². The van der Waals surface area contributed by atoms with E-state index in [9.17, 15) is 8.42 Å². The number of hydrogen-bond acceptors (Lipinski definition) is 4. The summed E-state index contributed by atoms with van der Waals surface area (Å²) in [5, 5.41) is 3.79. The van der Waals surface area contributed by atoms with Gasteiger partial charge < -0.3 is 15.0 Å². The highest BCUT2D eigenvalue weighted by molar-refractivity contribution is 7.88. The summed E-state index contributed by atoms with van der Waals surface area (Å²) in [7, 11) is 0.278. The van der Waals surface area contributed by atoms with Crippen LogP contribution in [0.3, 0.4) is 0 Å². The lowest BCUT2D eigenvalue weighted by Crippen LogP contribution is -2.53. The predicted molar refractivity (Wildman–Crippen MR) is 103 cm³/mol. The van der Waals surface area contributed by atoms with E-state index in [1.807, 2.05) is 24.1 Å². The molecule has 1 rings (SSSR count). The summed E-state index contributed by atoms with van der Waals surface area (Å²) in [6, 6.07) is 7.23. The standard InChI is InChI=1S/C16H27ClN4O3S/c1-16(2,20-25(5,22)23)12-19-15(18-3)21(4)9-10-24-14-8-6-7-13(17)11-14/h6-8,11,20H,9-10,12H2,1-5H3,(H,18,19). The van der Waals surface area contributed by atoms with E-state index >= 15 is 0 Å². The van der Waals surface area contributed by atoms with Crippen LogP contribution in [-0.4, -0.2) is 64.9 Å². The van der Waals surface area contributed by atoms with E-state index < -0.39 is 15.6 Å². The Kier molecular flexibility index (Phi) is 7.98. The molecule has 0 aliphatic carbocycles. The van der Waals surface area contributed by atoms with Gasteiger partial charge in [0.2, 0.25) is 10.0 Å². The number of halogens is 1. The van der Waals surface area contributed by atoms with Crippen LogP contribution in [0.1, 0.15) is 13.8 Å².